The number of carbonyl (C=O) groups excluding carboxylic acids is 1. The monoisotopic (exact) mass is 277 g/mol. The molecule has 0 saturated heterocycles. The van der Waals surface area contributed by atoms with Crippen molar-refractivity contribution in [2.45, 2.75) is 6.61 Å². The van der Waals surface area contributed by atoms with Crippen molar-refractivity contribution in [3.63, 3.8) is 0 Å². The molecular weight excluding hydrogens is 268 g/mol. The topological polar surface area (TPSA) is 51.5 Å². The number of nitrogens with one attached hydrogen (secondary N) is 1. The van der Waals surface area contributed by atoms with Crippen molar-refractivity contribution < 1.29 is 22.8 Å². The molecule has 20 heavy (non-hydrogen) atoms. The second-order valence-electron chi connectivity index (χ2n) is 4.09. The minimum Gasteiger partial charge on any atom is -0.456 e. The maximum atomic E-state index is 12.0. The number of hydrogen-bond acceptors (Lipinski definition) is 3. The van der Waals surface area contributed by atoms with E-state index in [1.54, 1.807) is 29.7 Å². The van der Waals surface area contributed by atoms with Gasteiger partial charge in [0.15, 0.2) is 0 Å². The molecule has 1 amide bonds. The Morgan fingerprint density at radius 3 is 2.65 bits per heavy atom. The summed E-state index contributed by atoms with van der Waals surface area (Å²) in [7, 11) is 0. The number of amides is 1. The molecule has 4 nitrogen and oxygen atoms in total. The first kappa shape index (κ1) is 12.6. The Kier molecular flexibility index (Phi) is 3.08. The molecule has 2 aromatic carbocycles. The van der Waals surface area contributed by atoms with Crippen molar-refractivity contribution in [2.24, 2.45) is 0 Å². The summed E-state index contributed by atoms with van der Waals surface area (Å²) >= 11 is 0. The number of hydroxylamine groups is 1. The SMILES string of the molecule is O=C(NOC(F)F)c1cccc2oc3ccccc3c12. The largest absolute Gasteiger partial charge is 0.456 e. The van der Waals surface area contributed by atoms with Gasteiger partial charge in [-0.3, -0.25) is 4.79 Å². The predicted molar refractivity (Wildman–Crippen MR) is 68.3 cm³/mol. The van der Waals surface area contributed by atoms with Crippen molar-refractivity contribution in [2.75, 3.05) is 0 Å². The number of benzene rings is 2. The van der Waals surface area contributed by atoms with Crippen LogP contribution in [0.25, 0.3) is 21.9 Å². The van der Waals surface area contributed by atoms with Gasteiger partial charge in [-0.1, -0.05) is 24.3 Å². The van der Waals surface area contributed by atoms with Crippen LogP contribution in [0.4, 0.5) is 8.78 Å². The summed E-state index contributed by atoms with van der Waals surface area (Å²) < 4.78 is 29.5. The fourth-order valence-corrected chi connectivity index (χ4v) is 2.12. The zero-order valence-electron chi connectivity index (χ0n) is 10.1. The zero-order valence-corrected chi connectivity index (χ0v) is 10.1. The lowest BCUT2D eigenvalue weighted by atomic mass is 10.1. The molecule has 0 saturated carbocycles. The first-order valence-electron chi connectivity index (χ1n) is 5.81. The van der Waals surface area contributed by atoms with E-state index in [1.807, 2.05) is 12.1 Å². The summed E-state index contributed by atoms with van der Waals surface area (Å²) in [5, 5.41) is 1.31. The predicted octanol–water partition coefficient (Wildman–Crippen LogP) is 3.47. The molecule has 1 N–H and O–H groups in total. The Morgan fingerprint density at radius 2 is 1.85 bits per heavy atom. The van der Waals surface area contributed by atoms with Gasteiger partial charge < -0.3 is 4.42 Å². The van der Waals surface area contributed by atoms with Crippen LogP contribution < -0.4 is 5.48 Å². The molecule has 1 heterocycles. The van der Waals surface area contributed by atoms with Crippen LogP contribution in [-0.4, -0.2) is 12.5 Å². The maximum absolute atomic E-state index is 12.0. The van der Waals surface area contributed by atoms with Gasteiger partial charge >= 0.3 is 6.61 Å². The third-order valence-electron chi connectivity index (χ3n) is 2.89. The first-order valence-corrected chi connectivity index (χ1v) is 5.81. The number of halogens is 2. The lowest BCUT2D eigenvalue weighted by molar-refractivity contribution is -0.160. The van der Waals surface area contributed by atoms with Crippen LogP contribution in [0.15, 0.2) is 46.9 Å². The highest BCUT2D eigenvalue weighted by Crippen LogP contribution is 2.31. The van der Waals surface area contributed by atoms with Gasteiger partial charge in [0.1, 0.15) is 11.2 Å². The van der Waals surface area contributed by atoms with E-state index in [2.05, 4.69) is 4.84 Å². The fraction of sp³-hybridized carbons (Fsp3) is 0.0714. The third-order valence-corrected chi connectivity index (χ3v) is 2.89. The fourth-order valence-electron chi connectivity index (χ4n) is 2.12. The minimum absolute atomic E-state index is 0.216. The Hall–Kier alpha value is -2.47. The van der Waals surface area contributed by atoms with E-state index in [1.165, 1.54) is 6.07 Å². The highest BCUT2D eigenvalue weighted by Gasteiger charge is 2.16. The first-order chi connectivity index (χ1) is 9.66. The van der Waals surface area contributed by atoms with E-state index in [9.17, 15) is 13.6 Å². The molecule has 0 atom stereocenters. The van der Waals surface area contributed by atoms with Gasteiger partial charge in [0.25, 0.3) is 5.91 Å². The van der Waals surface area contributed by atoms with Crippen molar-refractivity contribution in [1.82, 2.24) is 5.48 Å². The molecule has 6 heteroatoms. The number of rotatable bonds is 3. The van der Waals surface area contributed by atoms with Gasteiger partial charge in [-0.25, -0.2) is 10.3 Å². The average molecular weight is 277 g/mol. The van der Waals surface area contributed by atoms with E-state index in [-0.39, 0.29) is 5.56 Å². The molecule has 0 spiro atoms. The summed E-state index contributed by atoms with van der Waals surface area (Å²) in [5.41, 5.74) is 3.06. The molecular formula is C14H9F2NO3. The van der Waals surface area contributed by atoms with Gasteiger partial charge in [-0.15, -0.1) is 0 Å². The molecule has 0 fully saturated rings. The van der Waals surface area contributed by atoms with E-state index in [0.29, 0.717) is 16.6 Å². The number of hydrogen-bond donors (Lipinski definition) is 1. The molecule has 1 aromatic heterocycles. The van der Waals surface area contributed by atoms with Crippen molar-refractivity contribution in [3.8, 4) is 0 Å². The van der Waals surface area contributed by atoms with Crippen molar-refractivity contribution in [1.29, 1.82) is 0 Å². The van der Waals surface area contributed by atoms with Crippen LogP contribution in [0.2, 0.25) is 0 Å². The van der Waals surface area contributed by atoms with Crippen molar-refractivity contribution in [3.05, 3.63) is 48.0 Å². The van der Waals surface area contributed by atoms with E-state index < -0.39 is 12.5 Å². The second kappa shape index (κ2) is 4.90. The molecule has 0 unspecified atom stereocenters. The molecule has 102 valence electrons. The Bertz CT molecular complexity index is 782. The Labute approximate surface area is 111 Å². The standard InChI is InChI=1S/C14H9F2NO3/c15-14(16)20-17-13(18)9-5-3-7-11-12(9)8-4-1-2-6-10(8)19-11/h1-7,14H,(H,17,18). The van der Waals surface area contributed by atoms with Crippen LogP contribution in [0.3, 0.4) is 0 Å². The Balaban J connectivity index is 2.13. The lowest BCUT2D eigenvalue weighted by Crippen LogP contribution is -2.26. The molecule has 0 bridgehead atoms. The lowest BCUT2D eigenvalue weighted by Gasteiger charge is -2.05. The van der Waals surface area contributed by atoms with Gasteiger partial charge in [0.05, 0.1) is 5.56 Å². The van der Waals surface area contributed by atoms with Gasteiger partial charge in [0, 0.05) is 10.8 Å². The van der Waals surface area contributed by atoms with Crippen LogP contribution in [0.1, 0.15) is 10.4 Å². The summed E-state index contributed by atoms with van der Waals surface area (Å²) in [6.07, 6.45) is 0. The summed E-state index contributed by atoms with van der Waals surface area (Å²) in [6, 6.07) is 12.0. The highest BCUT2D eigenvalue weighted by molar-refractivity contribution is 6.16. The third kappa shape index (κ3) is 2.10. The highest BCUT2D eigenvalue weighted by atomic mass is 19.3. The van der Waals surface area contributed by atoms with E-state index in [0.717, 1.165) is 5.39 Å². The summed E-state index contributed by atoms with van der Waals surface area (Å²) in [6.45, 7) is -3.07. The maximum Gasteiger partial charge on any atom is 0.364 e. The van der Waals surface area contributed by atoms with Gasteiger partial charge in [-0.05, 0) is 18.2 Å². The molecule has 3 rings (SSSR count). The molecule has 0 aliphatic heterocycles. The molecule has 0 aliphatic rings. The second-order valence-corrected chi connectivity index (χ2v) is 4.09. The summed E-state index contributed by atoms with van der Waals surface area (Å²) in [5.74, 6) is -0.748. The van der Waals surface area contributed by atoms with Crippen LogP contribution >= 0.6 is 0 Å². The average Bonchev–Trinajstić information content (AvgIpc) is 2.83. The number of furan rings is 1. The minimum atomic E-state index is -3.07. The van der Waals surface area contributed by atoms with Crippen LogP contribution in [-0.2, 0) is 4.84 Å². The van der Waals surface area contributed by atoms with Crippen LogP contribution in [0, 0.1) is 0 Å². The Morgan fingerprint density at radius 1 is 1.10 bits per heavy atom. The van der Waals surface area contributed by atoms with Crippen LogP contribution in [0.5, 0.6) is 0 Å². The number of carbonyl (C=O) groups is 1. The number of fused-ring (bicyclic) bond motifs is 3. The van der Waals surface area contributed by atoms with Crippen molar-refractivity contribution >= 4 is 27.8 Å². The smallest absolute Gasteiger partial charge is 0.364 e. The van der Waals surface area contributed by atoms with Gasteiger partial charge in [0.2, 0.25) is 0 Å². The molecule has 0 aliphatic carbocycles. The normalized spacial score (nSPS) is 11.3. The number of para-hydroxylation sites is 1. The molecule has 0 radical (unpaired) electrons. The van der Waals surface area contributed by atoms with Gasteiger partial charge in [-0.2, -0.15) is 8.78 Å². The summed E-state index contributed by atoms with van der Waals surface area (Å²) in [4.78, 5) is 15.7. The zero-order chi connectivity index (χ0) is 14.1. The molecule has 3 aromatic rings. The van der Waals surface area contributed by atoms with E-state index >= 15 is 0 Å². The van der Waals surface area contributed by atoms with E-state index in [4.69, 9.17) is 4.42 Å². The quantitative estimate of drug-likeness (QED) is 0.746. The number of alkyl halides is 2.